The van der Waals surface area contributed by atoms with E-state index in [2.05, 4.69) is 6.92 Å². The highest BCUT2D eigenvalue weighted by Gasteiger charge is 2.48. The maximum atomic E-state index is 12.3. The fourth-order valence-electron chi connectivity index (χ4n) is 3.77. The zero-order valence-electron chi connectivity index (χ0n) is 11.3. The van der Waals surface area contributed by atoms with E-state index in [1.165, 1.54) is 0 Å². The van der Waals surface area contributed by atoms with Crippen LogP contribution in [0.2, 0.25) is 0 Å². The Hall–Kier alpha value is -1.06. The molecule has 0 aromatic heterocycles. The van der Waals surface area contributed by atoms with Crippen LogP contribution >= 0.6 is 0 Å². The Morgan fingerprint density at radius 2 is 2.00 bits per heavy atom. The van der Waals surface area contributed by atoms with Gasteiger partial charge in [0.15, 0.2) is 0 Å². The van der Waals surface area contributed by atoms with Crippen molar-refractivity contribution in [2.45, 2.75) is 26.7 Å². The molecule has 0 bridgehead atoms. The van der Waals surface area contributed by atoms with Crippen LogP contribution < -0.4 is 0 Å². The Morgan fingerprint density at radius 3 is 2.56 bits per heavy atom. The predicted molar refractivity (Wildman–Crippen MR) is 67.7 cm³/mol. The van der Waals surface area contributed by atoms with Crippen LogP contribution in [-0.2, 0) is 9.59 Å². The highest BCUT2D eigenvalue weighted by molar-refractivity contribution is 5.85. The van der Waals surface area contributed by atoms with E-state index in [0.29, 0.717) is 24.3 Å². The van der Waals surface area contributed by atoms with Crippen molar-refractivity contribution in [3.8, 4) is 0 Å². The molecule has 2 heterocycles. The number of hydrogen-bond acceptors (Lipinski definition) is 2. The summed E-state index contributed by atoms with van der Waals surface area (Å²) in [5.74, 6) is 2.00. The maximum absolute atomic E-state index is 12.3. The van der Waals surface area contributed by atoms with Crippen molar-refractivity contribution in [1.29, 1.82) is 0 Å². The largest absolute Gasteiger partial charge is 0.342 e. The SMILES string of the molecule is CCN1C[C@@H]2CN(C(=O)C3CC(C)C3)C[C@@H]2C1=O. The number of fused-ring (bicyclic) bond motifs is 1. The molecule has 0 radical (unpaired) electrons. The first-order valence-electron chi connectivity index (χ1n) is 7.17. The van der Waals surface area contributed by atoms with Gasteiger partial charge in [-0.3, -0.25) is 9.59 Å². The molecular weight excluding hydrogens is 228 g/mol. The van der Waals surface area contributed by atoms with Crippen molar-refractivity contribution >= 4 is 11.8 Å². The van der Waals surface area contributed by atoms with Crippen LogP contribution in [0.1, 0.15) is 26.7 Å². The van der Waals surface area contributed by atoms with Crippen molar-refractivity contribution in [2.75, 3.05) is 26.2 Å². The van der Waals surface area contributed by atoms with Crippen molar-refractivity contribution < 1.29 is 9.59 Å². The van der Waals surface area contributed by atoms with Crippen molar-refractivity contribution in [1.82, 2.24) is 9.80 Å². The number of carbonyl (C=O) groups is 2. The van der Waals surface area contributed by atoms with Gasteiger partial charge in [-0.05, 0) is 25.7 Å². The van der Waals surface area contributed by atoms with Crippen LogP contribution in [0.15, 0.2) is 0 Å². The van der Waals surface area contributed by atoms with E-state index in [-0.39, 0.29) is 17.7 Å². The number of hydrogen-bond donors (Lipinski definition) is 0. The fraction of sp³-hybridized carbons (Fsp3) is 0.857. The van der Waals surface area contributed by atoms with Gasteiger partial charge >= 0.3 is 0 Å². The lowest BCUT2D eigenvalue weighted by Crippen LogP contribution is -2.42. The predicted octanol–water partition coefficient (Wildman–Crippen LogP) is 0.969. The summed E-state index contributed by atoms with van der Waals surface area (Å²) in [6.45, 7) is 7.36. The molecular formula is C14H22N2O2. The highest BCUT2D eigenvalue weighted by atomic mass is 16.2. The molecule has 2 atom stereocenters. The molecule has 1 saturated carbocycles. The molecule has 4 nitrogen and oxygen atoms in total. The van der Waals surface area contributed by atoms with Gasteiger partial charge in [0.1, 0.15) is 0 Å². The summed E-state index contributed by atoms with van der Waals surface area (Å²) in [5, 5.41) is 0. The summed E-state index contributed by atoms with van der Waals surface area (Å²) in [7, 11) is 0. The van der Waals surface area contributed by atoms with Gasteiger partial charge in [-0.15, -0.1) is 0 Å². The van der Waals surface area contributed by atoms with E-state index in [0.717, 1.165) is 32.5 Å². The Balaban J connectivity index is 1.60. The Morgan fingerprint density at radius 1 is 1.28 bits per heavy atom. The molecule has 3 aliphatic rings. The first-order valence-corrected chi connectivity index (χ1v) is 7.17. The van der Waals surface area contributed by atoms with Gasteiger partial charge in [0, 0.05) is 38.0 Å². The molecule has 100 valence electrons. The van der Waals surface area contributed by atoms with Gasteiger partial charge in [0.25, 0.3) is 0 Å². The smallest absolute Gasteiger partial charge is 0.227 e. The minimum absolute atomic E-state index is 0.0893. The van der Waals surface area contributed by atoms with Crippen LogP contribution in [0.5, 0.6) is 0 Å². The standard InChI is InChI=1S/C14H22N2O2/c1-3-15-6-11-7-16(8-12(11)14(15)18)13(17)10-4-9(2)5-10/h9-12H,3-8H2,1-2H3/t9?,10?,11-,12+/m1/s1. The molecule has 0 spiro atoms. The minimum Gasteiger partial charge on any atom is -0.342 e. The second kappa shape index (κ2) is 4.25. The van der Waals surface area contributed by atoms with E-state index in [1.807, 2.05) is 16.7 Å². The van der Waals surface area contributed by atoms with Crippen molar-refractivity contribution in [3.63, 3.8) is 0 Å². The number of amides is 2. The summed E-state index contributed by atoms with van der Waals surface area (Å²) < 4.78 is 0. The van der Waals surface area contributed by atoms with Gasteiger partial charge in [-0.25, -0.2) is 0 Å². The van der Waals surface area contributed by atoms with Gasteiger partial charge in [0.2, 0.25) is 11.8 Å². The van der Waals surface area contributed by atoms with Gasteiger partial charge in [-0.1, -0.05) is 6.92 Å². The average molecular weight is 250 g/mol. The lowest BCUT2D eigenvalue weighted by Gasteiger charge is -2.34. The van der Waals surface area contributed by atoms with Crippen LogP contribution in [-0.4, -0.2) is 47.8 Å². The quantitative estimate of drug-likeness (QED) is 0.732. The molecule has 1 aliphatic carbocycles. The first kappa shape index (κ1) is 12.0. The lowest BCUT2D eigenvalue weighted by molar-refractivity contribution is -0.139. The first-order chi connectivity index (χ1) is 8.60. The molecule has 18 heavy (non-hydrogen) atoms. The number of carbonyl (C=O) groups excluding carboxylic acids is 2. The topological polar surface area (TPSA) is 40.6 Å². The highest BCUT2D eigenvalue weighted by Crippen LogP contribution is 2.38. The zero-order chi connectivity index (χ0) is 12.9. The van der Waals surface area contributed by atoms with Crippen LogP contribution in [0, 0.1) is 23.7 Å². The minimum atomic E-state index is 0.0893. The van der Waals surface area contributed by atoms with Crippen molar-refractivity contribution in [2.24, 2.45) is 23.7 Å². The molecule has 0 aromatic carbocycles. The van der Waals surface area contributed by atoms with Gasteiger partial charge in [0.05, 0.1) is 5.92 Å². The molecule has 2 amide bonds. The summed E-state index contributed by atoms with van der Waals surface area (Å²) >= 11 is 0. The van der Waals surface area contributed by atoms with E-state index in [9.17, 15) is 9.59 Å². The van der Waals surface area contributed by atoms with Crippen LogP contribution in [0.3, 0.4) is 0 Å². The normalized spacial score (nSPS) is 38.9. The summed E-state index contributed by atoms with van der Waals surface area (Å²) in [4.78, 5) is 28.2. The molecule has 2 aliphatic heterocycles. The monoisotopic (exact) mass is 250 g/mol. The second-order valence-corrected chi connectivity index (χ2v) is 6.26. The fourth-order valence-corrected chi connectivity index (χ4v) is 3.77. The number of rotatable bonds is 2. The third-order valence-electron chi connectivity index (χ3n) is 4.94. The number of nitrogens with zero attached hydrogens (tertiary/aromatic N) is 2. The third kappa shape index (κ3) is 1.73. The van der Waals surface area contributed by atoms with Crippen molar-refractivity contribution in [3.05, 3.63) is 0 Å². The third-order valence-corrected chi connectivity index (χ3v) is 4.94. The molecule has 2 saturated heterocycles. The molecule has 4 heteroatoms. The number of likely N-dealkylation sites (tertiary alicyclic amines) is 2. The summed E-state index contributed by atoms with van der Waals surface area (Å²) in [6, 6.07) is 0. The average Bonchev–Trinajstić information content (AvgIpc) is 2.84. The van der Waals surface area contributed by atoms with Crippen LogP contribution in [0.4, 0.5) is 0 Å². The van der Waals surface area contributed by atoms with E-state index in [1.54, 1.807) is 0 Å². The molecule has 3 rings (SSSR count). The van der Waals surface area contributed by atoms with E-state index < -0.39 is 0 Å². The molecule has 0 aromatic rings. The van der Waals surface area contributed by atoms with Crippen LogP contribution in [0.25, 0.3) is 0 Å². The lowest BCUT2D eigenvalue weighted by atomic mass is 9.75. The maximum Gasteiger partial charge on any atom is 0.227 e. The summed E-state index contributed by atoms with van der Waals surface area (Å²) in [5.41, 5.74) is 0. The van der Waals surface area contributed by atoms with Gasteiger partial charge < -0.3 is 9.80 Å². The Labute approximate surface area is 108 Å². The van der Waals surface area contributed by atoms with E-state index in [4.69, 9.17) is 0 Å². The molecule has 0 N–H and O–H groups in total. The summed E-state index contributed by atoms with van der Waals surface area (Å²) in [6.07, 6.45) is 2.08. The van der Waals surface area contributed by atoms with E-state index >= 15 is 0 Å². The molecule has 3 fully saturated rings. The zero-order valence-corrected chi connectivity index (χ0v) is 11.3. The second-order valence-electron chi connectivity index (χ2n) is 6.26. The Bertz CT molecular complexity index is 376. The Kier molecular flexibility index (Phi) is 2.83. The van der Waals surface area contributed by atoms with Gasteiger partial charge in [-0.2, -0.15) is 0 Å². The molecule has 0 unspecified atom stereocenters.